The van der Waals surface area contributed by atoms with Gasteiger partial charge < -0.3 is 0 Å². The van der Waals surface area contributed by atoms with E-state index in [1.807, 2.05) is 0 Å². The molecule has 0 bridgehead atoms. The van der Waals surface area contributed by atoms with E-state index in [-0.39, 0.29) is 16.6 Å². The van der Waals surface area contributed by atoms with Crippen molar-refractivity contribution in [1.82, 2.24) is 5.32 Å². The van der Waals surface area contributed by atoms with E-state index in [2.05, 4.69) is 54.9 Å². The maximum Gasteiger partial charge on any atom is -0.147 e. The minimum atomic E-state index is -1.68. The molecule has 1 aliphatic heterocycles. The summed E-state index contributed by atoms with van der Waals surface area (Å²) in [5.41, 5.74) is 1.32. The van der Waals surface area contributed by atoms with Gasteiger partial charge in [0.05, 0.1) is 0 Å². The Kier molecular flexibility index (Phi) is 7.23. The smallest absolute Gasteiger partial charge is 0.147 e. The van der Waals surface area contributed by atoms with E-state index in [0.29, 0.717) is 11.8 Å². The van der Waals surface area contributed by atoms with Crippen molar-refractivity contribution in [2.45, 2.75) is 37.8 Å². The van der Waals surface area contributed by atoms with E-state index >= 15 is 0 Å². The van der Waals surface area contributed by atoms with Crippen molar-refractivity contribution in [1.29, 1.82) is 0 Å². The molecule has 0 aromatic rings. The van der Waals surface area contributed by atoms with E-state index in [1.165, 1.54) is 18.4 Å². The van der Waals surface area contributed by atoms with Crippen molar-refractivity contribution in [3.8, 4) is 10.6 Å². The summed E-state index contributed by atoms with van der Waals surface area (Å²) >= 11 is -1.68. The van der Waals surface area contributed by atoms with Gasteiger partial charge in [0.1, 0.15) is 0 Å². The van der Waals surface area contributed by atoms with Gasteiger partial charge in [-0.25, -0.2) is 0 Å². The third kappa shape index (κ3) is 4.31. The summed E-state index contributed by atoms with van der Waals surface area (Å²) in [4.78, 5) is 0. The molecule has 20 heavy (non-hydrogen) atoms. The van der Waals surface area contributed by atoms with Crippen molar-refractivity contribution in [3.63, 3.8) is 0 Å². The molecule has 0 saturated carbocycles. The molecule has 0 radical (unpaired) electrons. The quantitative estimate of drug-likeness (QED) is 0.537. The van der Waals surface area contributed by atoms with Gasteiger partial charge in [-0.3, -0.25) is 0 Å². The predicted octanol–water partition coefficient (Wildman–Crippen LogP) is 4.09. The molecule has 1 heterocycles. The van der Waals surface area contributed by atoms with Gasteiger partial charge in [-0.2, -0.15) is 0 Å². The zero-order chi connectivity index (χ0) is 13.9. The molecule has 2 aliphatic rings. The van der Waals surface area contributed by atoms with Crippen LogP contribution in [-0.2, 0) is 0 Å². The first kappa shape index (κ1) is 18.2. The molecule has 1 N–H and O–H groups in total. The van der Waals surface area contributed by atoms with Crippen LogP contribution < -0.4 is 5.32 Å². The van der Waals surface area contributed by atoms with Crippen LogP contribution >= 0.6 is 22.4 Å². The molecule has 112 valence electrons. The number of piperidine rings is 1. The normalized spacial score (nSPS) is 31.6. The van der Waals surface area contributed by atoms with E-state index in [1.54, 1.807) is 0 Å². The fourth-order valence-corrected chi connectivity index (χ4v) is 6.63. The van der Waals surface area contributed by atoms with Crippen LogP contribution in [0.25, 0.3) is 0 Å². The number of nitrogens with one attached hydrogen (secondary N) is 1. The van der Waals surface area contributed by atoms with Crippen LogP contribution in [0.2, 0.25) is 4.20 Å². The molecule has 4 heteroatoms. The summed E-state index contributed by atoms with van der Waals surface area (Å²) in [5.74, 6) is 4.52. The van der Waals surface area contributed by atoms with Crippen molar-refractivity contribution >= 4 is 36.1 Å². The van der Waals surface area contributed by atoms with Crippen molar-refractivity contribution in [3.05, 3.63) is 23.8 Å². The molecule has 3 atom stereocenters. The van der Waals surface area contributed by atoms with Crippen LogP contribution in [0.5, 0.6) is 0 Å². The number of halogens is 2. The van der Waals surface area contributed by atoms with Gasteiger partial charge in [-0.05, 0) is 0 Å². The third-order valence-corrected chi connectivity index (χ3v) is 10.1. The van der Waals surface area contributed by atoms with Gasteiger partial charge in [0.25, 0.3) is 0 Å². The first-order valence-corrected chi connectivity index (χ1v) is 11.4. The Labute approximate surface area is 138 Å². The van der Waals surface area contributed by atoms with E-state index < -0.39 is 13.7 Å². The van der Waals surface area contributed by atoms with Crippen molar-refractivity contribution < 1.29 is 0 Å². The summed E-state index contributed by atoms with van der Waals surface area (Å²) in [5, 5.41) is 3.38. The minimum Gasteiger partial charge on any atom is -0.147 e. The first-order valence-electron chi connectivity index (χ1n) is 7.08. The fourth-order valence-electron chi connectivity index (χ4n) is 2.60. The Hall–Kier alpha value is 0.138. The molecular weight excluding hydrogens is 352 g/mol. The Bertz CT molecular complexity index is 443. The Morgan fingerprint density at radius 1 is 1.40 bits per heavy atom. The Morgan fingerprint density at radius 2 is 2.05 bits per heavy atom. The summed E-state index contributed by atoms with van der Waals surface area (Å²) in [6.45, 7) is 8.90. The average Bonchev–Trinajstić information content (AvgIpc) is 2.41. The maximum absolute atomic E-state index is 6.76. The molecule has 0 amide bonds. The van der Waals surface area contributed by atoms with Gasteiger partial charge in [0, 0.05) is 0 Å². The van der Waals surface area contributed by atoms with Crippen LogP contribution in [0.15, 0.2) is 23.8 Å². The topological polar surface area (TPSA) is 12.0 Å². The van der Waals surface area contributed by atoms with E-state index in [4.69, 9.17) is 9.95 Å². The summed E-state index contributed by atoms with van der Waals surface area (Å²) in [6, 6.07) is 0. The summed E-state index contributed by atoms with van der Waals surface area (Å²) < 4.78 is 3.56. The Balaban J connectivity index is 0.00000200. The summed E-state index contributed by atoms with van der Waals surface area (Å²) in [6.07, 6.45) is 9.18. The van der Waals surface area contributed by atoms with E-state index in [9.17, 15) is 0 Å². The van der Waals surface area contributed by atoms with Crippen LogP contribution in [0.4, 0.5) is 0 Å². The second-order valence-corrected chi connectivity index (χ2v) is 11.2. The summed E-state index contributed by atoms with van der Waals surface area (Å²) in [7, 11) is 6.76. The second kappa shape index (κ2) is 7.95. The molecule has 2 rings (SSSR count). The molecule has 1 fully saturated rings. The van der Waals surface area contributed by atoms with Crippen LogP contribution in [0, 0.1) is 22.5 Å². The number of allylic oxidation sites excluding steroid dienone is 4. The van der Waals surface area contributed by atoms with Crippen LogP contribution in [-0.4, -0.2) is 26.8 Å². The number of rotatable bonds is 1. The SMILES string of the molecule is CC1=CC(C)([As](Cl)C#CC2CCNCC2)C(C)C=C1.Cl. The fraction of sp³-hybridized carbons (Fsp3) is 0.625. The second-order valence-electron chi connectivity index (χ2n) is 5.82. The van der Waals surface area contributed by atoms with E-state index in [0.717, 1.165) is 13.1 Å². The maximum atomic E-state index is 6.76. The standard InChI is InChI=1S/C16H23AsClN.ClH/c1-13-4-5-14(2)16(3,12-13)17(18)9-6-15-7-10-19-11-8-15;/h4-5,12,14-15,19H,7-8,10-11H2,1-3H3;1H. The molecular formula is C16H24AsCl2N. The monoisotopic (exact) mass is 375 g/mol. The molecule has 0 spiro atoms. The van der Waals surface area contributed by atoms with Gasteiger partial charge in [-0.15, -0.1) is 12.4 Å². The predicted molar refractivity (Wildman–Crippen MR) is 92.7 cm³/mol. The number of hydrogen-bond donors (Lipinski definition) is 1. The zero-order valence-corrected chi connectivity index (χ0v) is 15.9. The zero-order valence-electron chi connectivity index (χ0n) is 12.4. The molecule has 1 aliphatic carbocycles. The molecule has 0 aromatic carbocycles. The molecule has 1 nitrogen and oxygen atoms in total. The molecule has 3 unspecified atom stereocenters. The Morgan fingerprint density at radius 3 is 2.70 bits per heavy atom. The van der Waals surface area contributed by atoms with Gasteiger partial charge in [0.2, 0.25) is 0 Å². The van der Waals surface area contributed by atoms with Crippen molar-refractivity contribution in [2.75, 3.05) is 13.1 Å². The van der Waals surface area contributed by atoms with Crippen molar-refractivity contribution in [2.24, 2.45) is 11.8 Å². The van der Waals surface area contributed by atoms with Gasteiger partial charge >= 0.3 is 126 Å². The minimum absolute atomic E-state index is 0. The first-order chi connectivity index (χ1) is 9.02. The third-order valence-electron chi connectivity index (χ3n) is 4.22. The number of hydrogen-bond acceptors (Lipinski definition) is 1. The van der Waals surface area contributed by atoms with Crippen LogP contribution in [0.3, 0.4) is 0 Å². The largest absolute Gasteiger partial charge is 0.147 e. The molecule has 1 saturated heterocycles. The van der Waals surface area contributed by atoms with Gasteiger partial charge in [-0.1, -0.05) is 0 Å². The van der Waals surface area contributed by atoms with Gasteiger partial charge in [0.15, 0.2) is 0 Å². The average molecular weight is 376 g/mol. The van der Waals surface area contributed by atoms with Crippen LogP contribution in [0.1, 0.15) is 33.6 Å². The molecule has 0 aromatic heterocycles.